The van der Waals surface area contributed by atoms with Crippen LogP contribution in [0.2, 0.25) is 0 Å². The molecule has 1 aliphatic rings. The van der Waals surface area contributed by atoms with E-state index >= 15 is 0 Å². The zero-order valence-corrected chi connectivity index (χ0v) is 40.3. The molecule has 4 N–H and O–H groups in total. The van der Waals surface area contributed by atoms with Crippen molar-refractivity contribution in [3.05, 3.63) is 0 Å². The van der Waals surface area contributed by atoms with Gasteiger partial charge in [-0.2, -0.15) is 8.42 Å². The van der Waals surface area contributed by atoms with E-state index in [9.17, 15) is 37.9 Å². The third-order valence-electron chi connectivity index (χ3n) is 12.2. The fourth-order valence-corrected chi connectivity index (χ4v) is 8.90. The first kappa shape index (κ1) is 58.7. The van der Waals surface area contributed by atoms with Crippen LogP contribution in [0, 0.1) is 0 Å². The molecule has 1 heterocycles. The van der Waals surface area contributed by atoms with Crippen molar-refractivity contribution >= 4 is 22.1 Å². The van der Waals surface area contributed by atoms with Crippen LogP contribution >= 0.6 is 0 Å². The highest BCUT2D eigenvalue weighted by atomic mass is 32.2. The first-order valence-corrected chi connectivity index (χ1v) is 27.2. The third-order valence-corrected chi connectivity index (χ3v) is 12.9. The van der Waals surface area contributed by atoms with Crippen LogP contribution in [0.4, 0.5) is 0 Å². The van der Waals surface area contributed by atoms with Gasteiger partial charge in [-0.15, -0.1) is 0 Å². The van der Waals surface area contributed by atoms with Gasteiger partial charge in [-0.05, 0) is 12.8 Å². The first-order valence-electron chi connectivity index (χ1n) is 25.6. The molecule has 13 heteroatoms. The van der Waals surface area contributed by atoms with E-state index in [1.807, 2.05) is 0 Å². The van der Waals surface area contributed by atoms with Crippen LogP contribution in [-0.2, 0) is 38.7 Å². The Morgan fingerprint density at radius 2 is 0.823 bits per heavy atom. The lowest BCUT2D eigenvalue weighted by Crippen LogP contribution is -2.60. The number of carbonyl (C=O) groups excluding carboxylic acids is 2. The van der Waals surface area contributed by atoms with E-state index in [1.54, 1.807) is 0 Å². The summed E-state index contributed by atoms with van der Waals surface area (Å²) in [5.41, 5.74) is 0. The van der Waals surface area contributed by atoms with Crippen molar-refractivity contribution in [2.24, 2.45) is 0 Å². The van der Waals surface area contributed by atoms with Crippen LogP contribution in [0.3, 0.4) is 0 Å². The summed E-state index contributed by atoms with van der Waals surface area (Å²) in [4.78, 5) is 25.5. The fraction of sp³-hybridized carbons (Fsp3) is 0.959. The van der Waals surface area contributed by atoms with Gasteiger partial charge in [-0.1, -0.05) is 219 Å². The van der Waals surface area contributed by atoms with E-state index in [4.69, 9.17) is 18.9 Å². The number of carbonyl (C=O) groups is 2. The number of hydrogen-bond acceptors (Lipinski definition) is 11. The number of aliphatic hydroxyl groups excluding tert-OH is 3. The van der Waals surface area contributed by atoms with Crippen LogP contribution < -0.4 is 0 Å². The van der Waals surface area contributed by atoms with E-state index in [0.717, 1.165) is 38.5 Å². The summed E-state index contributed by atoms with van der Waals surface area (Å²) in [7, 11) is -4.60. The lowest BCUT2D eigenvalue weighted by atomic mass is 10.00. The minimum atomic E-state index is -4.60. The standard InChI is InChI=1S/C49H94O12S/c1-3-5-7-9-11-13-15-17-18-19-20-21-22-23-24-25-26-28-29-31-33-35-37-44(50)58-39-42(40-59-49-48(54)47(53)46(52)43(61-49)41-62(55,56)57)60-45(51)38-36-34-32-30-27-16-14-12-10-8-6-4-2/h42-43,46-49,52-54H,3-41H2,1-2H3,(H,55,56,57)/t42-,43-,46-,47?,48?,49+/m1/s1. The summed E-state index contributed by atoms with van der Waals surface area (Å²) in [6, 6.07) is 0. The summed E-state index contributed by atoms with van der Waals surface area (Å²) in [6.07, 6.45) is 33.0. The van der Waals surface area contributed by atoms with Gasteiger partial charge in [0.1, 0.15) is 36.8 Å². The van der Waals surface area contributed by atoms with E-state index < -0.39 is 71.2 Å². The van der Waals surface area contributed by atoms with E-state index in [2.05, 4.69) is 13.8 Å². The van der Waals surface area contributed by atoms with Crippen molar-refractivity contribution in [2.75, 3.05) is 19.0 Å². The predicted octanol–water partition coefficient (Wildman–Crippen LogP) is 11.2. The van der Waals surface area contributed by atoms with Gasteiger partial charge in [0.15, 0.2) is 12.4 Å². The molecule has 1 aliphatic heterocycles. The van der Waals surface area contributed by atoms with Crippen molar-refractivity contribution in [2.45, 2.75) is 282 Å². The highest BCUT2D eigenvalue weighted by molar-refractivity contribution is 7.85. The van der Waals surface area contributed by atoms with E-state index in [-0.39, 0.29) is 19.4 Å². The quantitative estimate of drug-likeness (QED) is 0.0258. The van der Waals surface area contributed by atoms with Gasteiger partial charge in [0.2, 0.25) is 0 Å². The summed E-state index contributed by atoms with van der Waals surface area (Å²) in [5, 5.41) is 30.9. The SMILES string of the molecule is CCCCCCCCCCCCCCCCCCCCCCCCC(=O)OC[C@H](CO[C@H]1O[C@H](CS(=O)(=O)O)[C@@H](O)C(O)C1O)OC(=O)CCCCCCCCCCCCCC. The maximum Gasteiger partial charge on any atom is 0.306 e. The second-order valence-corrected chi connectivity index (χ2v) is 19.7. The van der Waals surface area contributed by atoms with Crippen LogP contribution in [0.25, 0.3) is 0 Å². The third kappa shape index (κ3) is 34.1. The van der Waals surface area contributed by atoms with Crippen LogP contribution in [0.15, 0.2) is 0 Å². The van der Waals surface area contributed by atoms with Gasteiger partial charge in [0, 0.05) is 12.8 Å². The molecule has 368 valence electrons. The Balaban J connectivity index is 2.31. The number of rotatable bonds is 44. The average molecular weight is 907 g/mol. The average Bonchev–Trinajstić information content (AvgIpc) is 3.24. The zero-order chi connectivity index (χ0) is 45.5. The van der Waals surface area contributed by atoms with Gasteiger partial charge in [-0.3, -0.25) is 14.1 Å². The normalized spacial score (nSPS) is 19.7. The summed E-state index contributed by atoms with van der Waals surface area (Å²) < 4.78 is 54.2. The molecule has 6 atom stereocenters. The minimum Gasteiger partial charge on any atom is -0.462 e. The lowest BCUT2D eigenvalue weighted by Gasteiger charge is -2.40. The summed E-state index contributed by atoms with van der Waals surface area (Å²) >= 11 is 0. The zero-order valence-electron chi connectivity index (χ0n) is 39.5. The number of hydrogen-bond donors (Lipinski definition) is 4. The van der Waals surface area contributed by atoms with Gasteiger partial charge < -0.3 is 34.3 Å². The molecule has 0 aromatic carbocycles. The van der Waals surface area contributed by atoms with Gasteiger partial charge >= 0.3 is 11.9 Å². The van der Waals surface area contributed by atoms with Crippen LogP contribution in [0.5, 0.6) is 0 Å². The molecule has 12 nitrogen and oxygen atoms in total. The molecule has 62 heavy (non-hydrogen) atoms. The highest BCUT2D eigenvalue weighted by Gasteiger charge is 2.46. The maximum atomic E-state index is 12.8. The topological polar surface area (TPSA) is 186 Å². The van der Waals surface area contributed by atoms with Gasteiger partial charge in [0.25, 0.3) is 10.1 Å². The number of esters is 2. The second-order valence-electron chi connectivity index (χ2n) is 18.2. The molecular formula is C49H94O12S. The van der Waals surface area contributed by atoms with E-state index in [0.29, 0.717) is 12.8 Å². The largest absolute Gasteiger partial charge is 0.462 e. The number of aliphatic hydroxyl groups is 3. The Bertz CT molecular complexity index is 1150. The molecule has 0 saturated carbocycles. The summed E-state index contributed by atoms with van der Waals surface area (Å²) in [5.74, 6) is -1.96. The molecule has 0 aromatic heterocycles. The number of ether oxygens (including phenoxy) is 4. The summed E-state index contributed by atoms with van der Waals surface area (Å²) in [6.45, 7) is 3.79. The van der Waals surface area contributed by atoms with Crippen LogP contribution in [-0.4, -0.2) is 96.0 Å². The van der Waals surface area contributed by atoms with Crippen molar-refractivity contribution in [1.29, 1.82) is 0 Å². The Morgan fingerprint density at radius 1 is 0.484 bits per heavy atom. The Kier molecular flexibility index (Phi) is 37.8. The molecule has 2 unspecified atom stereocenters. The monoisotopic (exact) mass is 907 g/mol. The molecule has 0 amide bonds. The Hall–Kier alpha value is -1.35. The molecule has 0 aliphatic carbocycles. The molecule has 1 fully saturated rings. The molecule has 0 bridgehead atoms. The van der Waals surface area contributed by atoms with E-state index in [1.165, 1.54) is 167 Å². The Labute approximate surface area is 378 Å². The molecule has 1 rings (SSSR count). The van der Waals surface area contributed by atoms with Crippen molar-refractivity contribution in [3.8, 4) is 0 Å². The molecule has 0 spiro atoms. The lowest BCUT2D eigenvalue weighted by molar-refractivity contribution is -0.297. The number of unbranched alkanes of at least 4 members (excludes halogenated alkanes) is 32. The molecule has 0 aromatic rings. The minimum absolute atomic E-state index is 0.172. The molecule has 1 saturated heterocycles. The van der Waals surface area contributed by atoms with Gasteiger partial charge in [-0.25, -0.2) is 0 Å². The molecule has 0 radical (unpaired) electrons. The second kappa shape index (κ2) is 40.0. The maximum absolute atomic E-state index is 12.8. The Morgan fingerprint density at radius 3 is 1.18 bits per heavy atom. The van der Waals surface area contributed by atoms with Crippen molar-refractivity contribution in [1.82, 2.24) is 0 Å². The van der Waals surface area contributed by atoms with Gasteiger partial charge in [0.05, 0.1) is 6.61 Å². The van der Waals surface area contributed by atoms with Crippen molar-refractivity contribution in [3.63, 3.8) is 0 Å². The highest BCUT2D eigenvalue weighted by Crippen LogP contribution is 2.24. The van der Waals surface area contributed by atoms with Crippen molar-refractivity contribution < 1.29 is 56.8 Å². The smallest absolute Gasteiger partial charge is 0.306 e. The fourth-order valence-electron chi connectivity index (χ4n) is 8.21. The predicted molar refractivity (Wildman–Crippen MR) is 247 cm³/mol. The molecular weight excluding hydrogens is 813 g/mol. The first-order chi connectivity index (χ1) is 30.0. The van der Waals surface area contributed by atoms with Crippen LogP contribution in [0.1, 0.15) is 245 Å².